The summed E-state index contributed by atoms with van der Waals surface area (Å²) >= 11 is 1.33. The van der Waals surface area contributed by atoms with Gasteiger partial charge in [0.2, 0.25) is 5.91 Å². The first-order valence-electron chi connectivity index (χ1n) is 10.4. The number of nitrogens with zero attached hydrogens (tertiary/aromatic N) is 2. The Morgan fingerprint density at radius 3 is 2.68 bits per heavy atom. The second kappa shape index (κ2) is 10.5. The number of carbonyl (C=O) groups is 2. The Morgan fingerprint density at radius 2 is 1.97 bits per heavy atom. The van der Waals surface area contributed by atoms with Gasteiger partial charge in [-0.25, -0.2) is 8.42 Å². The van der Waals surface area contributed by atoms with Crippen molar-refractivity contribution in [2.75, 3.05) is 25.2 Å². The number of hydrogen-bond donors (Lipinski definition) is 1. The first kappa shape index (κ1) is 23.6. The average molecular weight is 468 g/mol. The molecule has 3 rings (SSSR count). The molecule has 1 aliphatic rings. The smallest absolute Gasteiger partial charge is 0.263 e. The highest BCUT2D eigenvalue weighted by molar-refractivity contribution is 7.92. The van der Waals surface area contributed by atoms with Gasteiger partial charge in [-0.3, -0.25) is 9.59 Å². The summed E-state index contributed by atoms with van der Waals surface area (Å²) in [5.74, 6) is -2.81. The standard InChI is InChI=1S/C21H29N3O5S2/c1-15-8-9-17-18(12-15)30-21(24(17)10-11-29-2)23-20(26)14-31(27,28)13-19(25)22-16-6-4-3-5-7-16/h8-9,12,16H,3-7,10-11,13-14H2,1-2H3,(H,22,25). The van der Waals surface area contributed by atoms with Crippen molar-refractivity contribution in [2.45, 2.75) is 51.6 Å². The fourth-order valence-corrected chi connectivity index (χ4v) is 5.96. The van der Waals surface area contributed by atoms with E-state index in [0.717, 1.165) is 47.9 Å². The van der Waals surface area contributed by atoms with E-state index in [4.69, 9.17) is 4.74 Å². The zero-order valence-electron chi connectivity index (χ0n) is 17.9. The molecule has 2 amide bonds. The van der Waals surface area contributed by atoms with Crippen LogP contribution in [0.1, 0.15) is 37.7 Å². The number of thiazole rings is 1. The van der Waals surface area contributed by atoms with Crippen molar-refractivity contribution < 1.29 is 22.7 Å². The third kappa shape index (κ3) is 6.72. The molecule has 0 radical (unpaired) electrons. The van der Waals surface area contributed by atoms with Gasteiger partial charge in [-0.05, 0) is 37.5 Å². The average Bonchev–Trinajstić information content (AvgIpc) is 3.01. The summed E-state index contributed by atoms with van der Waals surface area (Å²) in [6.07, 6.45) is 4.95. The number of aromatic nitrogens is 1. The van der Waals surface area contributed by atoms with Crippen LogP contribution in [-0.4, -0.2) is 56.1 Å². The van der Waals surface area contributed by atoms with Crippen LogP contribution in [0.5, 0.6) is 0 Å². The van der Waals surface area contributed by atoms with Crippen LogP contribution in [0.3, 0.4) is 0 Å². The predicted molar refractivity (Wildman–Crippen MR) is 121 cm³/mol. The van der Waals surface area contributed by atoms with Crippen LogP contribution in [0.4, 0.5) is 0 Å². The molecule has 170 valence electrons. The zero-order valence-corrected chi connectivity index (χ0v) is 19.6. The van der Waals surface area contributed by atoms with Gasteiger partial charge in [-0.2, -0.15) is 4.99 Å². The van der Waals surface area contributed by atoms with Crippen LogP contribution < -0.4 is 10.1 Å². The van der Waals surface area contributed by atoms with E-state index in [2.05, 4.69) is 10.3 Å². The Balaban J connectivity index is 1.73. The quantitative estimate of drug-likeness (QED) is 0.639. The van der Waals surface area contributed by atoms with Crippen molar-refractivity contribution in [3.8, 4) is 0 Å². The van der Waals surface area contributed by atoms with Crippen molar-refractivity contribution >= 4 is 43.2 Å². The number of nitrogens with one attached hydrogen (secondary N) is 1. The Kier molecular flexibility index (Phi) is 8.01. The number of sulfone groups is 1. The maximum Gasteiger partial charge on any atom is 0.263 e. The van der Waals surface area contributed by atoms with Crippen LogP contribution in [0, 0.1) is 6.92 Å². The van der Waals surface area contributed by atoms with E-state index in [0.29, 0.717) is 18.0 Å². The summed E-state index contributed by atoms with van der Waals surface area (Å²) in [6.45, 7) is 2.90. The Bertz CT molecular complexity index is 1110. The molecule has 1 aliphatic carbocycles. The van der Waals surface area contributed by atoms with Gasteiger partial charge in [-0.1, -0.05) is 36.7 Å². The summed E-state index contributed by atoms with van der Waals surface area (Å²) in [7, 11) is -2.31. The molecule has 0 atom stereocenters. The number of amides is 2. The molecule has 10 heteroatoms. The normalized spacial score (nSPS) is 16.0. The van der Waals surface area contributed by atoms with Gasteiger partial charge in [0.05, 0.1) is 16.8 Å². The molecule has 31 heavy (non-hydrogen) atoms. The number of ether oxygens (including phenoxy) is 1. The minimum Gasteiger partial charge on any atom is -0.383 e. The molecule has 1 fully saturated rings. The van der Waals surface area contributed by atoms with Crippen LogP contribution in [0.15, 0.2) is 23.2 Å². The number of aryl methyl sites for hydroxylation is 1. The van der Waals surface area contributed by atoms with Gasteiger partial charge < -0.3 is 14.6 Å². The topological polar surface area (TPSA) is 107 Å². The number of rotatable bonds is 8. The van der Waals surface area contributed by atoms with Crippen LogP contribution in [0.25, 0.3) is 10.2 Å². The number of carbonyl (C=O) groups excluding carboxylic acids is 2. The fourth-order valence-electron chi connectivity index (χ4n) is 3.76. The summed E-state index contributed by atoms with van der Waals surface area (Å²) < 4.78 is 32.7. The van der Waals surface area contributed by atoms with Crippen LogP contribution >= 0.6 is 11.3 Å². The largest absolute Gasteiger partial charge is 0.383 e. The minimum absolute atomic E-state index is 0.0265. The molecule has 8 nitrogen and oxygen atoms in total. The van der Waals surface area contributed by atoms with E-state index in [-0.39, 0.29) is 6.04 Å². The lowest BCUT2D eigenvalue weighted by Crippen LogP contribution is -2.40. The molecule has 0 bridgehead atoms. The molecule has 1 heterocycles. The number of methoxy groups -OCH3 is 1. The van der Waals surface area contributed by atoms with E-state index < -0.39 is 33.2 Å². The maximum atomic E-state index is 12.5. The number of hydrogen-bond acceptors (Lipinski definition) is 6. The highest BCUT2D eigenvalue weighted by atomic mass is 32.2. The van der Waals surface area contributed by atoms with E-state index >= 15 is 0 Å². The lowest BCUT2D eigenvalue weighted by atomic mass is 9.95. The number of fused-ring (bicyclic) bond motifs is 1. The molecule has 1 aromatic heterocycles. The molecular weight excluding hydrogens is 438 g/mol. The maximum absolute atomic E-state index is 12.5. The Hall–Kier alpha value is -2.04. The van der Waals surface area contributed by atoms with Crippen molar-refractivity contribution in [1.29, 1.82) is 0 Å². The molecule has 0 saturated heterocycles. The van der Waals surface area contributed by atoms with E-state index in [1.54, 1.807) is 7.11 Å². The van der Waals surface area contributed by atoms with Gasteiger partial charge in [-0.15, -0.1) is 0 Å². The van der Waals surface area contributed by atoms with Gasteiger partial charge in [0.15, 0.2) is 14.6 Å². The van der Waals surface area contributed by atoms with E-state index in [1.807, 2.05) is 29.7 Å². The Morgan fingerprint density at radius 1 is 1.23 bits per heavy atom. The second-order valence-electron chi connectivity index (χ2n) is 7.94. The minimum atomic E-state index is -3.90. The lowest BCUT2D eigenvalue weighted by molar-refractivity contribution is -0.119. The lowest BCUT2D eigenvalue weighted by Gasteiger charge is -2.22. The molecule has 1 N–H and O–H groups in total. The summed E-state index contributed by atoms with van der Waals surface area (Å²) in [4.78, 5) is 29.1. The van der Waals surface area contributed by atoms with E-state index in [1.165, 1.54) is 11.3 Å². The molecule has 0 unspecified atom stereocenters. The highest BCUT2D eigenvalue weighted by Crippen LogP contribution is 2.19. The third-order valence-corrected chi connectivity index (χ3v) is 7.67. The molecular formula is C21H29N3O5S2. The molecule has 2 aromatic rings. The predicted octanol–water partition coefficient (Wildman–Crippen LogP) is 1.95. The summed E-state index contributed by atoms with van der Waals surface area (Å²) in [6, 6.07) is 5.95. The van der Waals surface area contributed by atoms with Gasteiger partial charge in [0, 0.05) is 19.7 Å². The third-order valence-electron chi connectivity index (χ3n) is 5.24. The first-order chi connectivity index (χ1) is 14.8. The van der Waals surface area contributed by atoms with Gasteiger partial charge >= 0.3 is 0 Å². The van der Waals surface area contributed by atoms with Gasteiger partial charge in [0.1, 0.15) is 11.5 Å². The van der Waals surface area contributed by atoms with Crippen LogP contribution in [-0.2, 0) is 30.7 Å². The van der Waals surface area contributed by atoms with Gasteiger partial charge in [0.25, 0.3) is 5.91 Å². The molecule has 1 saturated carbocycles. The van der Waals surface area contributed by atoms with Crippen molar-refractivity contribution in [3.05, 3.63) is 28.6 Å². The van der Waals surface area contributed by atoms with Crippen LogP contribution in [0.2, 0.25) is 0 Å². The van der Waals surface area contributed by atoms with E-state index in [9.17, 15) is 18.0 Å². The molecule has 0 spiro atoms. The Labute approximate surface area is 186 Å². The monoisotopic (exact) mass is 467 g/mol. The number of benzene rings is 1. The highest BCUT2D eigenvalue weighted by Gasteiger charge is 2.23. The van der Waals surface area contributed by atoms with Crippen molar-refractivity contribution in [1.82, 2.24) is 9.88 Å². The summed E-state index contributed by atoms with van der Waals surface area (Å²) in [5.41, 5.74) is 1.99. The second-order valence-corrected chi connectivity index (χ2v) is 11.0. The zero-order chi connectivity index (χ0) is 22.4. The summed E-state index contributed by atoms with van der Waals surface area (Å²) in [5, 5.41) is 2.78. The molecule has 0 aliphatic heterocycles. The SMILES string of the molecule is COCCn1c(=NC(=O)CS(=O)(=O)CC(=O)NC2CCCCC2)sc2cc(C)ccc21. The fraction of sp³-hybridized carbons (Fsp3) is 0.571. The first-order valence-corrected chi connectivity index (χ1v) is 13.1. The van der Waals surface area contributed by atoms with Crippen molar-refractivity contribution in [2.24, 2.45) is 4.99 Å². The van der Waals surface area contributed by atoms with Crippen molar-refractivity contribution in [3.63, 3.8) is 0 Å². The molecule has 1 aromatic carbocycles.